The molecule has 1 N–H and O–H groups in total. The van der Waals surface area contributed by atoms with Crippen LogP contribution in [0.15, 0.2) is 29.3 Å². The van der Waals surface area contributed by atoms with Crippen molar-refractivity contribution in [2.24, 2.45) is 22.7 Å². The summed E-state index contributed by atoms with van der Waals surface area (Å²) in [6, 6.07) is 8.37. The number of rotatable bonds is 1. The first-order chi connectivity index (χ1) is 10.7. The van der Waals surface area contributed by atoms with Crippen molar-refractivity contribution in [1.29, 1.82) is 0 Å². The number of thiocarbonyl (C=S) groups is 1. The summed E-state index contributed by atoms with van der Waals surface area (Å²) in [7, 11) is 0. The Morgan fingerprint density at radius 1 is 1.14 bits per heavy atom. The Kier molecular flexibility index (Phi) is 3.57. The summed E-state index contributed by atoms with van der Waals surface area (Å²) in [4.78, 5) is 17.2. The molecule has 0 spiro atoms. The predicted molar refractivity (Wildman–Crippen MR) is 91.0 cm³/mol. The van der Waals surface area contributed by atoms with Crippen LogP contribution in [0.5, 0.6) is 0 Å². The normalized spacial score (nSPS) is 28.5. The minimum atomic E-state index is -0.121. The molecule has 2 aliphatic carbocycles. The van der Waals surface area contributed by atoms with Crippen molar-refractivity contribution in [3.05, 3.63) is 35.4 Å². The Hall–Kier alpha value is -1.55. The predicted octanol–water partition coefficient (Wildman–Crippen LogP) is 3.26. The molecule has 4 heteroatoms. The topological polar surface area (TPSA) is 41.5 Å². The molecule has 0 aromatic heterocycles. The van der Waals surface area contributed by atoms with E-state index in [9.17, 15) is 4.79 Å². The van der Waals surface area contributed by atoms with Crippen molar-refractivity contribution >= 4 is 28.9 Å². The van der Waals surface area contributed by atoms with Crippen LogP contribution in [0.2, 0.25) is 0 Å². The van der Waals surface area contributed by atoms with E-state index < -0.39 is 0 Å². The summed E-state index contributed by atoms with van der Waals surface area (Å²) in [5.74, 6) is 0.941. The summed E-state index contributed by atoms with van der Waals surface area (Å²) < 4.78 is 0. The number of hydrogen-bond donors (Lipinski definition) is 1. The molecule has 0 radical (unpaired) electrons. The number of fused-ring (bicyclic) bond motifs is 3. The maximum absolute atomic E-state index is 12.6. The fourth-order valence-corrected chi connectivity index (χ4v) is 4.66. The van der Waals surface area contributed by atoms with Gasteiger partial charge in [0.1, 0.15) is 0 Å². The molecule has 0 saturated heterocycles. The third-order valence-corrected chi connectivity index (χ3v) is 5.65. The number of aliphatic imine (C=N–C) groups is 1. The van der Waals surface area contributed by atoms with Crippen molar-refractivity contribution < 1.29 is 4.79 Å². The number of nitrogens with one attached hydrogen (secondary N) is 1. The van der Waals surface area contributed by atoms with Crippen LogP contribution >= 0.6 is 12.2 Å². The third kappa shape index (κ3) is 2.30. The van der Waals surface area contributed by atoms with E-state index in [-0.39, 0.29) is 11.8 Å². The second-order valence-corrected chi connectivity index (χ2v) is 7.08. The highest BCUT2D eigenvalue weighted by atomic mass is 32.1. The molecule has 3 aliphatic rings. The number of benzene rings is 1. The number of carbonyl (C=O) groups is 1. The molecule has 1 heterocycles. The van der Waals surface area contributed by atoms with Gasteiger partial charge in [-0.15, -0.1) is 0 Å². The van der Waals surface area contributed by atoms with Crippen molar-refractivity contribution in [3.63, 3.8) is 0 Å². The molecular weight excluding hydrogens is 292 g/mol. The highest BCUT2D eigenvalue weighted by Gasteiger charge is 2.44. The first-order valence-corrected chi connectivity index (χ1v) is 8.66. The van der Waals surface area contributed by atoms with Gasteiger partial charge in [0.25, 0.3) is 0 Å². The number of amides is 1. The van der Waals surface area contributed by atoms with Gasteiger partial charge in [-0.05, 0) is 36.0 Å². The molecule has 2 unspecified atom stereocenters. The van der Waals surface area contributed by atoms with Crippen LogP contribution in [0.1, 0.15) is 43.2 Å². The minimum Gasteiger partial charge on any atom is -0.301 e. The highest BCUT2D eigenvalue weighted by Crippen LogP contribution is 2.42. The first kappa shape index (κ1) is 14.1. The Bertz CT molecular complexity index is 661. The van der Waals surface area contributed by atoms with E-state index >= 15 is 0 Å². The van der Waals surface area contributed by atoms with Gasteiger partial charge in [0, 0.05) is 5.56 Å². The van der Waals surface area contributed by atoms with E-state index in [0.717, 1.165) is 17.7 Å². The Morgan fingerprint density at radius 2 is 1.91 bits per heavy atom. The molecular formula is C18H20N2OS. The molecule has 3 nitrogen and oxygen atoms in total. The van der Waals surface area contributed by atoms with Crippen LogP contribution in [0.25, 0.3) is 0 Å². The molecule has 114 valence electrons. The van der Waals surface area contributed by atoms with Gasteiger partial charge in [-0.2, -0.15) is 0 Å². The van der Waals surface area contributed by atoms with Gasteiger partial charge in [-0.3, -0.25) is 4.79 Å². The fourth-order valence-electron chi connectivity index (χ4n) is 4.46. The van der Waals surface area contributed by atoms with E-state index in [1.54, 1.807) is 0 Å². The van der Waals surface area contributed by atoms with Crippen LogP contribution in [0, 0.1) is 17.8 Å². The van der Waals surface area contributed by atoms with E-state index in [0.29, 0.717) is 16.9 Å². The second kappa shape index (κ2) is 5.58. The molecule has 1 fully saturated rings. The molecule has 2 atom stereocenters. The van der Waals surface area contributed by atoms with E-state index in [2.05, 4.69) is 28.5 Å². The van der Waals surface area contributed by atoms with Crippen LogP contribution in [0.4, 0.5) is 0 Å². The number of carbonyl (C=O) groups excluding carboxylic acids is 1. The maximum Gasteiger partial charge on any atom is 0.235 e. The van der Waals surface area contributed by atoms with Gasteiger partial charge in [0.05, 0.1) is 11.6 Å². The lowest BCUT2D eigenvalue weighted by Crippen LogP contribution is -2.51. The van der Waals surface area contributed by atoms with Crippen molar-refractivity contribution in [2.45, 2.75) is 38.5 Å². The molecule has 1 aromatic carbocycles. The van der Waals surface area contributed by atoms with Gasteiger partial charge in [-0.25, -0.2) is 4.99 Å². The summed E-state index contributed by atoms with van der Waals surface area (Å²) in [5, 5.41) is 3.10. The molecule has 22 heavy (non-hydrogen) atoms. The summed E-state index contributed by atoms with van der Waals surface area (Å²) in [5.41, 5.74) is 3.36. The number of nitrogens with zero attached hydrogens (tertiary/aromatic N) is 1. The van der Waals surface area contributed by atoms with Crippen LogP contribution < -0.4 is 5.32 Å². The third-order valence-electron chi connectivity index (χ3n) is 5.46. The van der Waals surface area contributed by atoms with E-state index in [4.69, 9.17) is 12.2 Å². The number of hydrogen-bond acceptors (Lipinski definition) is 2. The Morgan fingerprint density at radius 3 is 2.73 bits per heavy atom. The van der Waals surface area contributed by atoms with Gasteiger partial charge in [-0.1, -0.05) is 56.4 Å². The lowest BCUT2D eigenvalue weighted by atomic mass is 9.65. The Labute approximate surface area is 136 Å². The SMILES string of the molecule is O=C1NC(=S)N=C2c3ccccc3CC(C3CCCCC3)C12. The largest absolute Gasteiger partial charge is 0.301 e. The van der Waals surface area contributed by atoms with Gasteiger partial charge in [0.2, 0.25) is 5.91 Å². The smallest absolute Gasteiger partial charge is 0.235 e. The van der Waals surface area contributed by atoms with Crippen LogP contribution in [-0.4, -0.2) is 16.7 Å². The first-order valence-electron chi connectivity index (χ1n) is 8.26. The summed E-state index contributed by atoms with van der Waals surface area (Å²) in [6.45, 7) is 0. The average Bonchev–Trinajstić information content (AvgIpc) is 2.54. The van der Waals surface area contributed by atoms with Crippen LogP contribution in [-0.2, 0) is 11.2 Å². The molecule has 1 amide bonds. The Balaban J connectivity index is 1.80. The van der Waals surface area contributed by atoms with Crippen molar-refractivity contribution in [1.82, 2.24) is 5.32 Å². The summed E-state index contributed by atoms with van der Waals surface area (Å²) >= 11 is 5.16. The fraction of sp³-hybridized carbons (Fsp3) is 0.500. The lowest BCUT2D eigenvalue weighted by Gasteiger charge is -2.41. The monoisotopic (exact) mass is 312 g/mol. The zero-order chi connectivity index (χ0) is 15.1. The average molecular weight is 312 g/mol. The van der Waals surface area contributed by atoms with Gasteiger partial charge >= 0.3 is 0 Å². The van der Waals surface area contributed by atoms with Crippen molar-refractivity contribution in [3.8, 4) is 0 Å². The van der Waals surface area contributed by atoms with E-state index in [1.165, 1.54) is 37.7 Å². The van der Waals surface area contributed by atoms with Gasteiger partial charge in [0.15, 0.2) is 5.11 Å². The van der Waals surface area contributed by atoms with Gasteiger partial charge < -0.3 is 5.32 Å². The van der Waals surface area contributed by atoms with Crippen molar-refractivity contribution in [2.75, 3.05) is 0 Å². The zero-order valence-electron chi connectivity index (χ0n) is 12.5. The quantitative estimate of drug-likeness (QED) is 0.809. The molecule has 1 aliphatic heterocycles. The lowest BCUT2D eigenvalue weighted by molar-refractivity contribution is -0.123. The summed E-state index contributed by atoms with van der Waals surface area (Å²) in [6.07, 6.45) is 7.40. The molecule has 1 saturated carbocycles. The van der Waals surface area contributed by atoms with Crippen LogP contribution in [0.3, 0.4) is 0 Å². The maximum atomic E-state index is 12.6. The molecule has 4 rings (SSSR count). The zero-order valence-corrected chi connectivity index (χ0v) is 13.4. The van der Waals surface area contributed by atoms with E-state index in [1.807, 2.05) is 6.07 Å². The second-order valence-electron chi connectivity index (χ2n) is 6.69. The molecule has 0 bridgehead atoms. The minimum absolute atomic E-state index is 0.0556. The standard InChI is InChI=1S/C18H20N2OS/c21-17-15-14(11-6-2-1-3-7-11)10-12-8-4-5-9-13(12)16(15)19-18(22)20-17/h4-5,8-9,11,14-15H,1-3,6-7,10H2,(H,20,21,22). The molecule has 1 aromatic rings. The highest BCUT2D eigenvalue weighted by molar-refractivity contribution is 7.80.